The van der Waals surface area contributed by atoms with Gasteiger partial charge in [0.1, 0.15) is 0 Å². The van der Waals surface area contributed by atoms with Gasteiger partial charge in [-0.15, -0.1) is 0 Å². The van der Waals surface area contributed by atoms with E-state index in [1.165, 1.54) is 19.2 Å². The third-order valence-corrected chi connectivity index (χ3v) is 3.15. The Bertz CT molecular complexity index is 619. The zero-order valence-corrected chi connectivity index (χ0v) is 11.1. The highest BCUT2D eigenvalue weighted by Crippen LogP contribution is 2.32. The van der Waals surface area contributed by atoms with E-state index in [9.17, 15) is 14.9 Å². The molecule has 1 aromatic carbocycles. The van der Waals surface area contributed by atoms with Crippen LogP contribution in [0.25, 0.3) is 0 Å². The van der Waals surface area contributed by atoms with Crippen molar-refractivity contribution >= 4 is 11.7 Å². The lowest BCUT2D eigenvalue weighted by Gasteiger charge is -2.22. The highest BCUT2D eigenvalue weighted by Gasteiger charge is 2.27. The van der Waals surface area contributed by atoms with Gasteiger partial charge in [-0.2, -0.15) is 0 Å². The number of nitrogens with zero attached hydrogens (tertiary/aromatic N) is 1. The van der Waals surface area contributed by atoms with Crippen molar-refractivity contribution in [3.8, 4) is 0 Å². The summed E-state index contributed by atoms with van der Waals surface area (Å²) in [6.07, 6.45) is 3.49. The summed E-state index contributed by atoms with van der Waals surface area (Å²) in [5.74, 6) is -0.806. The quantitative estimate of drug-likeness (QED) is 0.519. The highest BCUT2D eigenvalue weighted by atomic mass is 16.6. The average Bonchev–Trinajstić information content (AvgIpc) is 2.46. The average molecular weight is 274 g/mol. The van der Waals surface area contributed by atoms with Gasteiger partial charge in [0.2, 0.25) is 0 Å². The van der Waals surface area contributed by atoms with Crippen LogP contribution in [0.5, 0.6) is 0 Å². The van der Waals surface area contributed by atoms with Crippen molar-refractivity contribution in [1.29, 1.82) is 0 Å². The van der Waals surface area contributed by atoms with Gasteiger partial charge in [-0.3, -0.25) is 10.1 Å². The Morgan fingerprint density at radius 2 is 2.20 bits per heavy atom. The number of dihydropyridines is 1. The molecule has 0 aliphatic carbocycles. The summed E-state index contributed by atoms with van der Waals surface area (Å²) < 4.78 is 4.78. The zero-order valence-electron chi connectivity index (χ0n) is 11.1. The van der Waals surface area contributed by atoms with Crippen LogP contribution in [0.1, 0.15) is 18.4 Å². The maximum absolute atomic E-state index is 11.9. The van der Waals surface area contributed by atoms with Crippen LogP contribution in [0.4, 0.5) is 5.69 Å². The van der Waals surface area contributed by atoms with E-state index in [0.717, 1.165) is 0 Å². The number of carbonyl (C=O) groups is 1. The van der Waals surface area contributed by atoms with E-state index in [1.807, 2.05) is 0 Å². The second-order valence-corrected chi connectivity index (χ2v) is 4.36. The van der Waals surface area contributed by atoms with E-state index in [0.29, 0.717) is 16.8 Å². The molecule has 1 atom stereocenters. The normalized spacial score (nSPS) is 17.6. The van der Waals surface area contributed by atoms with Gasteiger partial charge >= 0.3 is 5.97 Å². The predicted octanol–water partition coefficient (Wildman–Crippen LogP) is 2.24. The zero-order chi connectivity index (χ0) is 14.7. The number of nitro benzene ring substituents is 1. The van der Waals surface area contributed by atoms with Gasteiger partial charge in [-0.05, 0) is 18.7 Å². The number of methoxy groups -OCH3 is 1. The molecule has 1 heterocycles. The molecule has 6 heteroatoms. The summed E-state index contributed by atoms with van der Waals surface area (Å²) in [5, 5.41) is 13.8. The Labute approximate surface area is 115 Å². The van der Waals surface area contributed by atoms with Gasteiger partial charge < -0.3 is 10.1 Å². The molecule has 0 saturated carbocycles. The molecule has 0 spiro atoms. The minimum atomic E-state index is -0.456. The number of rotatable bonds is 3. The van der Waals surface area contributed by atoms with Crippen molar-refractivity contribution < 1.29 is 14.5 Å². The number of hydrogen-bond acceptors (Lipinski definition) is 5. The van der Waals surface area contributed by atoms with E-state index in [1.54, 1.807) is 31.3 Å². The molecule has 0 aromatic heterocycles. The number of carbonyl (C=O) groups excluding carboxylic acids is 1. The summed E-state index contributed by atoms with van der Waals surface area (Å²) in [6, 6.07) is 6.25. The maximum Gasteiger partial charge on any atom is 0.336 e. The molecule has 0 fully saturated rings. The topological polar surface area (TPSA) is 81.5 Å². The van der Waals surface area contributed by atoms with Crippen LogP contribution in [-0.2, 0) is 9.53 Å². The Balaban J connectivity index is 2.47. The Morgan fingerprint density at radius 3 is 2.85 bits per heavy atom. The van der Waals surface area contributed by atoms with Crippen molar-refractivity contribution in [2.45, 2.75) is 12.8 Å². The van der Waals surface area contributed by atoms with Gasteiger partial charge in [-0.1, -0.05) is 18.2 Å². The van der Waals surface area contributed by atoms with Crippen molar-refractivity contribution in [1.82, 2.24) is 5.32 Å². The van der Waals surface area contributed by atoms with Crippen molar-refractivity contribution in [3.05, 3.63) is 63.5 Å². The molecule has 1 N–H and O–H groups in total. The molecule has 1 aliphatic rings. The van der Waals surface area contributed by atoms with Gasteiger partial charge in [0.15, 0.2) is 0 Å². The van der Waals surface area contributed by atoms with E-state index >= 15 is 0 Å². The monoisotopic (exact) mass is 274 g/mol. The molecule has 0 radical (unpaired) electrons. The molecule has 1 aliphatic heterocycles. The highest BCUT2D eigenvalue weighted by molar-refractivity contribution is 5.92. The first-order valence-corrected chi connectivity index (χ1v) is 6.01. The van der Waals surface area contributed by atoms with Crippen LogP contribution in [0.3, 0.4) is 0 Å². The summed E-state index contributed by atoms with van der Waals surface area (Å²) >= 11 is 0. The number of allylic oxidation sites excluding steroid dienone is 2. The summed E-state index contributed by atoms with van der Waals surface area (Å²) in [5.41, 5.74) is 1.80. The lowest BCUT2D eigenvalue weighted by Crippen LogP contribution is -2.22. The lowest BCUT2D eigenvalue weighted by atomic mass is 9.88. The van der Waals surface area contributed by atoms with E-state index in [2.05, 4.69) is 5.32 Å². The number of ether oxygens (including phenoxy) is 1. The Kier molecular flexibility index (Phi) is 3.84. The first-order valence-electron chi connectivity index (χ1n) is 6.01. The molecular formula is C14H14N2O4. The molecule has 0 amide bonds. The van der Waals surface area contributed by atoms with Gasteiger partial charge in [0, 0.05) is 23.7 Å². The van der Waals surface area contributed by atoms with Gasteiger partial charge in [0.05, 0.1) is 17.6 Å². The fourth-order valence-corrected chi connectivity index (χ4v) is 2.18. The second kappa shape index (κ2) is 5.56. The van der Waals surface area contributed by atoms with Gasteiger partial charge in [-0.25, -0.2) is 4.79 Å². The molecule has 0 bridgehead atoms. The summed E-state index contributed by atoms with van der Waals surface area (Å²) in [4.78, 5) is 22.3. The first-order chi connectivity index (χ1) is 9.54. The number of nitrogens with one attached hydrogen (secondary N) is 1. The van der Waals surface area contributed by atoms with Crippen molar-refractivity contribution in [2.24, 2.45) is 0 Å². The number of esters is 1. The minimum absolute atomic E-state index is 0.00342. The molecule has 6 nitrogen and oxygen atoms in total. The fraction of sp³-hybridized carbons (Fsp3) is 0.214. The summed E-state index contributed by atoms with van der Waals surface area (Å²) in [7, 11) is 1.31. The molecule has 104 valence electrons. The van der Waals surface area contributed by atoms with Crippen LogP contribution in [-0.4, -0.2) is 18.0 Å². The molecule has 2 rings (SSSR count). The third kappa shape index (κ3) is 2.54. The lowest BCUT2D eigenvalue weighted by molar-refractivity contribution is -0.384. The van der Waals surface area contributed by atoms with Gasteiger partial charge in [0.25, 0.3) is 5.69 Å². The van der Waals surface area contributed by atoms with Crippen LogP contribution in [0, 0.1) is 10.1 Å². The largest absolute Gasteiger partial charge is 0.466 e. The van der Waals surface area contributed by atoms with E-state index < -0.39 is 10.9 Å². The molecule has 20 heavy (non-hydrogen) atoms. The Hall–Kier alpha value is -2.63. The van der Waals surface area contributed by atoms with Crippen LogP contribution >= 0.6 is 0 Å². The fourth-order valence-electron chi connectivity index (χ4n) is 2.18. The van der Waals surface area contributed by atoms with E-state index in [-0.39, 0.29) is 11.6 Å². The number of hydrogen-bond donors (Lipinski definition) is 1. The molecule has 1 aromatic rings. The molecule has 0 saturated heterocycles. The minimum Gasteiger partial charge on any atom is -0.466 e. The first kappa shape index (κ1) is 13.8. The molecular weight excluding hydrogens is 260 g/mol. The number of benzene rings is 1. The number of non-ortho nitro benzene ring substituents is 1. The van der Waals surface area contributed by atoms with Crippen LogP contribution in [0.15, 0.2) is 47.8 Å². The summed E-state index contributed by atoms with van der Waals surface area (Å²) in [6.45, 7) is 1.76. The van der Waals surface area contributed by atoms with Crippen molar-refractivity contribution in [2.75, 3.05) is 7.11 Å². The Morgan fingerprint density at radius 1 is 1.45 bits per heavy atom. The second-order valence-electron chi connectivity index (χ2n) is 4.36. The number of nitro groups is 1. The smallest absolute Gasteiger partial charge is 0.336 e. The predicted molar refractivity (Wildman–Crippen MR) is 72.8 cm³/mol. The standard InChI is InChI=1S/C14H14N2O4/c1-9-13(14(17)20-2)12(6-7-15-9)10-4-3-5-11(8-10)16(18)19/h3-8,12,15H,1-2H3. The van der Waals surface area contributed by atoms with Crippen molar-refractivity contribution in [3.63, 3.8) is 0 Å². The van der Waals surface area contributed by atoms with Crippen LogP contribution < -0.4 is 5.32 Å². The maximum atomic E-state index is 11.9. The van der Waals surface area contributed by atoms with E-state index in [4.69, 9.17) is 4.74 Å². The SMILES string of the molecule is COC(=O)C1=C(C)NC=CC1c1cccc([N+](=O)[O-])c1. The van der Waals surface area contributed by atoms with Crippen LogP contribution in [0.2, 0.25) is 0 Å². The third-order valence-electron chi connectivity index (χ3n) is 3.15. The molecule has 1 unspecified atom stereocenters.